The molecule has 1 N–H and O–H groups in total. The molecule has 1 atom stereocenters. The van der Waals surface area contributed by atoms with Gasteiger partial charge >= 0.3 is 0 Å². The highest BCUT2D eigenvalue weighted by Gasteiger charge is 2.26. The van der Waals surface area contributed by atoms with Crippen LogP contribution in [0.1, 0.15) is 31.9 Å². The van der Waals surface area contributed by atoms with Gasteiger partial charge in [-0.25, -0.2) is 0 Å². The maximum Gasteiger partial charge on any atom is 0.242 e. The molecular formula is C23H27Cl3N2O2S. The molecule has 8 heteroatoms. The van der Waals surface area contributed by atoms with E-state index < -0.39 is 6.04 Å². The van der Waals surface area contributed by atoms with Gasteiger partial charge in [0.1, 0.15) is 6.04 Å². The fourth-order valence-corrected chi connectivity index (χ4v) is 4.39. The molecule has 0 aliphatic carbocycles. The van der Waals surface area contributed by atoms with E-state index in [-0.39, 0.29) is 17.6 Å². The number of benzene rings is 2. The zero-order valence-corrected chi connectivity index (χ0v) is 20.9. The zero-order valence-electron chi connectivity index (χ0n) is 17.8. The Morgan fingerprint density at radius 2 is 1.65 bits per heavy atom. The van der Waals surface area contributed by atoms with Crippen LogP contribution in [0.4, 0.5) is 0 Å². The van der Waals surface area contributed by atoms with Crippen molar-refractivity contribution in [2.24, 2.45) is 5.92 Å². The first-order valence-corrected chi connectivity index (χ1v) is 12.3. The predicted octanol–water partition coefficient (Wildman–Crippen LogP) is 6.07. The van der Waals surface area contributed by atoms with Gasteiger partial charge in [0.05, 0.1) is 5.75 Å². The predicted molar refractivity (Wildman–Crippen MR) is 132 cm³/mol. The smallest absolute Gasteiger partial charge is 0.242 e. The molecule has 168 valence electrons. The highest BCUT2D eigenvalue weighted by molar-refractivity contribution is 7.99. The maximum absolute atomic E-state index is 13.1. The highest BCUT2D eigenvalue weighted by atomic mass is 35.5. The summed E-state index contributed by atoms with van der Waals surface area (Å²) in [5.74, 6) is 0.856. The van der Waals surface area contributed by atoms with Crippen molar-refractivity contribution >= 4 is 58.4 Å². The van der Waals surface area contributed by atoms with E-state index in [9.17, 15) is 9.59 Å². The fraction of sp³-hybridized carbons (Fsp3) is 0.391. The molecule has 0 fully saturated rings. The summed E-state index contributed by atoms with van der Waals surface area (Å²) >= 11 is 19.6. The van der Waals surface area contributed by atoms with Gasteiger partial charge in [0.25, 0.3) is 0 Å². The maximum atomic E-state index is 13.1. The van der Waals surface area contributed by atoms with Gasteiger partial charge in [-0.1, -0.05) is 66.8 Å². The Hall–Kier alpha value is -1.40. The Labute approximate surface area is 203 Å². The van der Waals surface area contributed by atoms with Gasteiger partial charge in [-0.3, -0.25) is 9.59 Å². The van der Waals surface area contributed by atoms with Crippen LogP contribution in [0.5, 0.6) is 0 Å². The Morgan fingerprint density at radius 3 is 2.26 bits per heavy atom. The average molecular weight is 502 g/mol. The van der Waals surface area contributed by atoms with E-state index >= 15 is 0 Å². The topological polar surface area (TPSA) is 49.4 Å². The largest absolute Gasteiger partial charge is 0.354 e. The number of amides is 2. The minimum Gasteiger partial charge on any atom is -0.354 e. The molecule has 31 heavy (non-hydrogen) atoms. The number of thioether (sulfide) groups is 1. The van der Waals surface area contributed by atoms with Crippen LogP contribution in [-0.2, 0) is 21.9 Å². The number of nitrogens with one attached hydrogen (secondary N) is 1. The second kappa shape index (κ2) is 12.6. The van der Waals surface area contributed by atoms with Crippen molar-refractivity contribution in [2.45, 2.75) is 39.1 Å². The van der Waals surface area contributed by atoms with Crippen molar-refractivity contribution in [3.8, 4) is 0 Å². The summed E-state index contributed by atoms with van der Waals surface area (Å²) in [4.78, 5) is 27.3. The number of halogens is 3. The molecule has 0 aliphatic heterocycles. The van der Waals surface area contributed by atoms with E-state index in [1.807, 2.05) is 32.0 Å². The normalized spacial score (nSPS) is 12.0. The molecule has 0 saturated heterocycles. The first-order chi connectivity index (χ1) is 14.7. The van der Waals surface area contributed by atoms with Gasteiger partial charge in [0, 0.05) is 33.9 Å². The first-order valence-electron chi connectivity index (χ1n) is 10.0. The summed E-state index contributed by atoms with van der Waals surface area (Å²) in [7, 11) is 0. The average Bonchev–Trinajstić information content (AvgIpc) is 2.72. The number of carbonyl (C=O) groups excluding carboxylic acids is 2. The molecule has 2 rings (SSSR count). The van der Waals surface area contributed by atoms with E-state index in [2.05, 4.69) is 5.32 Å². The van der Waals surface area contributed by atoms with Crippen molar-refractivity contribution in [1.29, 1.82) is 0 Å². The lowest BCUT2D eigenvalue weighted by Gasteiger charge is -2.29. The number of carbonyl (C=O) groups is 2. The molecule has 0 saturated carbocycles. The van der Waals surface area contributed by atoms with Crippen LogP contribution < -0.4 is 5.32 Å². The van der Waals surface area contributed by atoms with Crippen LogP contribution in [-0.4, -0.2) is 35.1 Å². The Balaban J connectivity index is 2.07. The van der Waals surface area contributed by atoms with E-state index in [1.54, 1.807) is 36.1 Å². The minimum atomic E-state index is -0.596. The monoisotopic (exact) mass is 500 g/mol. The van der Waals surface area contributed by atoms with Crippen LogP contribution in [0, 0.1) is 5.92 Å². The van der Waals surface area contributed by atoms with Gasteiger partial charge in [-0.2, -0.15) is 0 Å². The zero-order chi connectivity index (χ0) is 23.0. The third-order valence-electron chi connectivity index (χ3n) is 4.62. The molecule has 4 nitrogen and oxygen atoms in total. The Morgan fingerprint density at radius 1 is 1.00 bits per heavy atom. The highest BCUT2D eigenvalue weighted by Crippen LogP contribution is 2.25. The van der Waals surface area contributed by atoms with Gasteiger partial charge in [-0.05, 0) is 48.2 Å². The number of hydrogen-bond donors (Lipinski definition) is 1. The number of rotatable bonds is 10. The lowest BCUT2D eigenvalue weighted by atomic mass is 10.1. The minimum absolute atomic E-state index is 0.114. The van der Waals surface area contributed by atoms with Crippen LogP contribution in [0.3, 0.4) is 0 Å². The van der Waals surface area contributed by atoms with Crippen LogP contribution in [0.25, 0.3) is 0 Å². The summed E-state index contributed by atoms with van der Waals surface area (Å²) in [5.41, 5.74) is 1.82. The lowest BCUT2D eigenvalue weighted by molar-refractivity contribution is -0.138. The Bertz CT molecular complexity index is 891. The lowest BCUT2D eigenvalue weighted by Crippen LogP contribution is -2.48. The third kappa shape index (κ3) is 8.57. The van der Waals surface area contributed by atoms with Gasteiger partial charge in [-0.15, -0.1) is 11.8 Å². The first kappa shape index (κ1) is 25.9. The Kier molecular flexibility index (Phi) is 10.5. The number of hydrogen-bond acceptors (Lipinski definition) is 3. The van der Waals surface area contributed by atoms with Crippen molar-refractivity contribution in [3.05, 3.63) is 68.7 Å². The van der Waals surface area contributed by atoms with Gasteiger partial charge in [0.2, 0.25) is 11.8 Å². The molecule has 0 radical (unpaired) electrons. The molecular weight excluding hydrogens is 475 g/mol. The summed E-state index contributed by atoms with van der Waals surface area (Å²) in [5, 5.41) is 4.69. The van der Waals surface area contributed by atoms with Crippen molar-refractivity contribution in [2.75, 3.05) is 12.3 Å². The summed E-state index contributed by atoms with van der Waals surface area (Å²) < 4.78 is 0. The fourth-order valence-electron chi connectivity index (χ4n) is 2.79. The van der Waals surface area contributed by atoms with E-state index in [4.69, 9.17) is 34.8 Å². The second-order valence-corrected chi connectivity index (χ2v) is 9.96. The van der Waals surface area contributed by atoms with Crippen molar-refractivity contribution < 1.29 is 9.59 Å². The molecule has 0 heterocycles. The van der Waals surface area contributed by atoms with E-state index in [1.165, 1.54) is 11.8 Å². The summed E-state index contributed by atoms with van der Waals surface area (Å²) in [6.07, 6.45) is 0. The molecule has 2 aromatic rings. The number of nitrogens with zero attached hydrogens (tertiary/aromatic N) is 1. The molecule has 0 aromatic heterocycles. The summed E-state index contributed by atoms with van der Waals surface area (Å²) in [6, 6.07) is 12.0. The molecule has 0 bridgehead atoms. The summed E-state index contributed by atoms with van der Waals surface area (Å²) in [6.45, 7) is 6.70. The molecule has 0 spiro atoms. The van der Waals surface area contributed by atoms with Gasteiger partial charge < -0.3 is 10.2 Å². The van der Waals surface area contributed by atoms with E-state index in [0.29, 0.717) is 39.8 Å². The second-order valence-electron chi connectivity index (χ2n) is 7.69. The third-order valence-corrected chi connectivity index (χ3v) is 6.42. The van der Waals surface area contributed by atoms with Crippen LogP contribution in [0.15, 0.2) is 42.5 Å². The SMILES string of the molecule is CC(C)CNC(=O)[C@@H](C)N(Cc1ccc(Cl)cc1)C(=O)CSCc1ccc(Cl)cc1Cl. The molecule has 2 aromatic carbocycles. The standard InChI is InChI=1S/C23H27Cl3N2O2S/c1-15(2)11-27-23(30)16(3)28(12-17-4-7-19(24)8-5-17)22(29)14-31-13-18-6-9-20(25)10-21(18)26/h4-10,15-16H,11-14H2,1-3H3,(H,27,30)/t16-/m1/s1. The molecule has 0 aliphatic rings. The van der Waals surface area contributed by atoms with Gasteiger partial charge in [0.15, 0.2) is 0 Å². The van der Waals surface area contributed by atoms with Crippen molar-refractivity contribution in [1.82, 2.24) is 10.2 Å². The molecule has 2 amide bonds. The van der Waals surface area contributed by atoms with Crippen LogP contribution in [0.2, 0.25) is 15.1 Å². The van der Waals surface area contributed by atoms with Crippen molar-refractivity contribution in [3.63, 3.8) is 0 Å². The quantitative estimate of drug-likeness (QED) is 0.430. The van der Waals surface area contributed by atoms with E-state index in [0.717, 1.165) is 11.1 Å². The van der Waals surface area contributed by atoms with Crippen LogP contribution >= 0.6 is 46.6 Å². The molecule has 0 unspecified atom stereocenters.